The van der Waals surface area contributed by atoms with E-state index in [4.69, 9.17) is 4.74 Å². The minimum atomic E-state index is -0.363. The Bertz CT molecular complexity index is 228. The van der Waals surface area contributed by atoms with Crippen LogP contribution in [-0.4, -0.2) is 23.7 Å². The van der Waals surface area contributed by atoms with Crippen molar-refractivity contribution in [1.29, 1.82) is 0 Å². The second-order valence-corrected chi connectivity index (χ2v) is 5.59. The summed E-state index contributed by atoms with van der Waals surface area (Å²) in [6.07, 6.45) is 0.525. The standard InChI is InChI=1S/C11H21NO2/c1-10(2,3)14-9(13)6-8-7-12-11(8,4)5/h8,12H,6-7H2,1-5H3. The largest absolute Gasteiger partial charge is 0.460 e. The second kappa shape index (κ2) is 3.54. The van der Waals surface area contributed by atoms with E-state index in [1.807, 2.05) is 20.8 Å². The molecule has 1 heterocycles. The molecule has 0 aromatic heterocycles. The molecule has 1 atom stereocenters. The second-order valence-electron chi connectivity index (χ2n) is 5.59. The Morgan fingerprint density at radius 1 is 1.50 bits per heavy atom. The molecule has 1 saturated heterocycles. The van der Waals surface area contributed by atoms with E-state index < -0.39 is 0 Å². The molecule has 0 radical (unpaired) electrons. The van der Waals surface area contributed by atoms with Gasteiger partial charge >= 0.3 is 5.97 Å². The Kier molecular flexibility index (Phi) is 2.91. The minimum Gasteiger partial charge on any atom is -0.460 e. The van der Waals surface area contributed by atoms with Gasteiger partial charge in [0.2, 0.25) is 0 Å². The van der Waals surface area contributed by atoms with Crippen LogP contribution in [0.2, 0.25) is 0 Å². The molecule has 14 heavy (non-hydrogen) atoms. The van der Waals surface area contributed by atoms with E-state index in [-0.39, 0.29) is 17.1 Å². The van der Waals surface area contributed by atoms with Crippen LogP contribution in [0.25, 0.3) is 0 Å². The zero-order valence-corrected chi connectivity index (χ0v) is 9.81. The summed E-state index contributed by atoms with van der Waals surface area (Å²) in [6, 6.07) is 0. The van der Waals surface area contributed by atoms with Gasteiger partial charge in [0.1, 0.15) is 5.60 Å². The molecule has 0 spiro atoms. The molecule has 1 aliphatic heterocycles. The fourth-order valence-electron chi connectivity index (χ4n) is 1.57. The fourth-order valence-corrected chi connectivity index (χ4v) is 1.57. The summed E-state index contributed by atoms with van der Waals surface area (Å²) < 4.78 is 5.27. The predicted molar refractivity (Wildman–Crippen MR) is 56.0 cm³/mol. The number of esters is 1. The maximum atomic E-state index is 11.5. The van der Waals surface area contributed by atoms with Crippen molar-refractivity contribution < 1.29 is 9.53 Å². The van der Waals surface area contributed by atoms with Crippen molar-refractivity contribution in [2.75, 3.05) is 6.54 Å². The Morgan fingerprint density at radius 2 is 2.07 bits per heavy atom. The third-order valence-corrected chi connectivity index (χ3v) is 2.66. The van der Waals surface area contributed by atoms with Gasteiger partial charge in [-0.3, -0.25) is 4.79 Å². The van der Waals surface area contributed by atoms with Gasteiger partial charge in [-0.15, -0.1) is 0 Å². The van der Waals surface area contributed by atoms with E-state index in [2.05, 4.69) is 19.2 Å². The number of hydrogen-bond donors (Lipinski definition) is 1. The van der Waals surface area contributed by atoms with Gasteiger partial charge in [0.15, 0.2) is 0 Å². The molecule has 0 amide bonds. The van der Waals surface area contributed by atoms with E-state index >= 15 is 0 Å². The molecule has 1 unspecified atom stereocenters. The highest BCUT2D eigenvalue weighted by molar-refractivity contribution is 5.70. The monoisotopic (exact) mass is 199 g/mol. The number of carbonyl (C=O) groups is 1. The van der Waals surface area contributed by atoms with Crippen molar-refractivity contribution in [2.45, 2.75) is 52.2 Å². The topological polar surface area (TPSA) is 38.3 Å². The zero-order valence-electron chi connectivity index (χ0n) is 9.81. The van der Waals surface area contributed by atoms with Crippen molar-refractivity contribution in [3.8, 4) is 0 Å². The molecule has 3 nitrogen and oxygen atoms in total. The van der Waals surface area contributed by atoms with Gasteiger partial charge in [-0.25, -0.2) is 0 Å². The van der Waals surface area contributed by atoms with Crippen molar-refractivity contribution in [3.63, 3.8) is 0 Å². The fraction of sp³-hybridized carbons (Fsp3) is 0.909. The summed E-state index contributed by atoms with van der Waals surface area (Å²) in [4.78, 5) is 11.5. The van der Waals surface area contributed by atoms with Crippen LogP contribution in [0.5, 0.6) is 0 Å². The van der Waals surface area contributed by atoms with Crippen LogP contribution >= 0.6 is 0 Å². The van der Waals surface area contributed by atoms with Crippen LogP contribution in [0.3, 0.4) is 0 Å². The number of rotatable bonds is 2. The van der Waals surface area contributed by atoms with Crippen molar-refractivity contribution >= 4 is 5.97 Å². The first-order chi connectivity index (χ1) is 6.21. The number of hydrogen-bond acceptors (Lipinski definition) is 3. The van der Waals surface area contributed by atoms with Crippen LogP contribution < -0.4 is 5.32 Å². The van der Waals surface area contributed by atoms with Gasteiger partial charge < -0.3 is 10.1 Å². The Hall–Kier alpha value is -0.570. The Morgan fingerprint density at radius 3 is 2.36 bits per heavy atom. The van der Waals surface area contributed by atoms with E-state index in [0.29, 0.717) is 12.3 Å². The summed E-state index contributed by atoms with van der Waals surface area (Å²) in [5, 5.41) is 3.30. The highest BCUT2D eigenvalue weighted by atomic mass is 16.6. The van der Waals surface area contributed by atoms with Crippen LogP contribution in [0, 0.1) is 5.92 Å². The van der Waals surface area contributed by atoms with Crippen LogP contribution in [0.15, 0.2) is 0 Å². The summed E-state index contributed by atoms with van der Waals surface area (Å²) >= 11 is 0. The first-order valence-electron chi connectivity index (χ1n) is 5.17. The van der Waals surface area contributed by atoms with E-state index in [9.17, 15) is 4.79 Å². The molecule has 0 aliphatic carbocycles. The van der Waals surface area contributed by atoms with Crippen molar-refractivity contribution in [2.24, 2.45) is 5.92 Å². The third-order valence-electron chi connectivity index (χ3n) is 2.66. The SMILES string of the molecule is CC(C)(C)OC(=O)CC1CNC1(C)C. The quantitative estimate of drug-likeness (QED) is 0.688. The number of carbonyl (C=O) groups excluding carboxylic acids is 1. The van der Waals surface area contributed by atoms with E-state index in [0.717, 1.165) is 6.54 Å². The van der Waals surface area contributed by atoms with Crippen LogP contribution in [-0.2, 0) is 9.53 Å². The van der Waals surface area contributed by atoms with E-state index in [1.54, 1.807) is 0 Å². The molecule has 1 rings (SSSR count). The maximum Gasteiger partial charge on any atom is 0.306 e. The minimum absolute atomic E-state index is 0.0860. The molecule has 0 aromatic rings. The molecule has 82 valence electrons. The zero-order chi connectivity index (χ0) is 11.0. The summed E-state index contributed by atoms with van der Waals surface area (Å²) in [5.41, 5.74) is -0.269. The Balaban J connectivity index is 2.35. The molecule has 0 aromatic carbocycles. The third kappa shape index (κ3) is 2.98. The van der Waals surface area contributed by atoms with Gasteiger partial charge in [0.05, 0.1) is 6.42 Å². The van der Waals surface area contributed by atoms with Gasteiger partial charge in [-0.2, -0.15) is 0 Å². The lowest BCUT2D eigenvalue weighted by Crippen LogP contribution is -2.61. The molecule has 0 saturated carbocycles. The molecule has 0 bridgehead atoms. The molecule has 1 fully saturated rings. The van der Waals surface area contributed by atoms with Gasteiger partial charge in [0.25, 0.3) is 0 Å². The summed E-state index contributed by atoms with van der Waals surface area (Å²) in [6.45, 7) is 10.8. The number of nitrogens with one attached hydrogen (secondary N) is 1. The van der Waals surface area contributed by atoms with Crippen molar-refractivity contribution in [1.82, 2.24) is 5.32 Å². The van der Waals surface area contributed by atoms with Crippen LogP contribution in [0.4, 0.5) is 0 Å². The van der Waals surface area contributed by atoms with Gasteiger partial charge in [-0.1, -0.05) is 0 Å². The highest BCUT2D eigenvalue weighted by Gasteiger charge is 2.39. The summed E-state index contributed by atoms with van der Waals surface area (Å²) in [7, 11) is 0. The van der Waals surface area contributed by atoms with Gasteiger partial charge in [-0.05, 0) is 40.5 Å². The van der Waals surface area contributed by atoms with E-state index in [1.165, 1.54) is 0 Å². The van der Waals surface area contributed by atoms with Crippen molar-refractivity contribution in [3.05, 3.63) is 0 Å². The molecular formula is C11H21NO2. The first-order valence-corrected chi connectivity index (χ1v) is 5.17. The normalized spacial score (nSPS) is 25.4. The maximum absolute atomic E-state index is 11.5. The lowest BCUT2D eigenvalue weighted by molar-refractivity contribution is -0.157. The lowest BCUT2D eigenvalue weighted by atomic mass is 9.78. The number of ether oxygens (including phenoxy) is 1. The average molecular weight is 199 g/mol. The smallest absolute Gasteiger partial charge is 0.306 e. The first kappa shape index (κ1) is 11.5. The van der Waals surface area contributed by atoms with Gasteiger partial charge in [0, 0.05) is 12.1 Å². The molecule has 1 aliphatic rings. The lowest BCUT2D eigenvalue weighted by Gasteiger charge is -2.45. The predicted octanol–water partition coefficient (Wildman–Crippen LogP) is 1.72. The summed E-state index contributed by atoms with van der Waals surface area (Å²) in [5.74, 6) is 0.328. The highest BCUT2D eigenvalue weighted by Crippen LogP contribution is 2.28. The average Bonchev–Trinajstić information content (AvgIpc) is 1.95. The molecule has 1 N–H and O–H groups in total. The molecule has 3 heteroatoms. The molecular weight excluding hydrogens is 178 g/mol. The van der Waals surface area contributed by atoms with Crippen LogP contribution in [0.1, 0.15) is 41.0 Å². The Labute approximate surface area is 86.2 Å².